The molecule has 6 rings (SSSR count). The molecule has 2 aliphatic rings. The van der Waals surface area contributed by atoms with Crippen molar-refractivity contribution in [3.8, 4) is 11.3 Å². The Morgan fingerprint density at radius 2 is 1.80 bits per heavy atom. The van der Waals surface area contributed by atoms with E-state index >= 15 is 0 Å². The van der Waals surface area contributed by atoms with Gasteiger partial charge in [-0.15, -0.1) is 6.58 Å². The van der Waals surface area contributed by atoms with Gasteiger partial charge in [0.25, 0.3) is 0 Å². The van der Waals surface area contributed by atoms with Crippen molar-refractivity contribution >= 4 is 40.2 Å². The van der Waals surface area contributed by atoms with E-state index in [-0.39, 0.29) is 61.5 Å². The number of ketones is 1. The number of amides is 3. The highest BCUT2D eigenvalue weighted by atomic mass is 19.4. The van der Waals surface area contributed by atoms with Gasteiger partial charge < -0.3 is 20.3 Å². The first-order valence-corrected chi connectivity index (χ1v) is 17.2. The zero-order valence-corrected chi connectivity index (χ0v) is 30.5. The maximum Gasteiger partial charge on any atom is 0.433 e. The maximum atomic E-state index is 14.3. The van der Waals surface area contributed by atoms with E-state index in [9.17, 15) is 32.3 Å². The third-order valence-corrected chi connectivity index (χ3v) is 9.63. The Balaban J connectivity index is 1.32. The Morgan fingerprint density at radius 1 is 1.07 bits per heavy atom. The summed E-state index contributed by atoms with van der Waals surface area (Å²) in [5.41, 5.74) is -0.770. The van der Waals surface area contributed by atoms with Gasteiger partial charge in [-0.1, -0.05) is 32.9 Å². The molecule has 2 fully saturated rings. The van der Waals surface area contributed by atoms with Gasteiger partial charge >= 0.3 is 6.18 Å². The summed E-state index contributed by atoms with van der Waals surface area (Å²) in [4.78, 5) is 72.0. The second-order valence-electron chi connectivity index (χ2n) is 14.7. The fourth-order valence-electron chi connectivity index (χ4n) is 6.66. The molecule has 0 aromatic carbocycles. The number of nitrogens with zero attached hydrogens (tertiary/aromatic N) is 7. The molecule has 0 bridgehead atoms. The van der Waals surface area contributed by atoms with Crippen molar-refractivity contribution in [1.82, 2.24) is 39.9 Å². The molecule has 3 amide bonds. The zero-order chi connectivity index (χ0) is 39.2. The summed E-state index contributed by atoms with van der Waals surface area (Å²) in [6, 6.07) is 2.04. The molecular formula is C37H40F3N9O5. The van der Waals surface area contributed by atoms with Crippen LogP contribution in [0.1, 0.15) is 68.1 Å². The number of aryl methyl sites for hydroxylation is 1. The number of aromatic nitrogens is 6. The lowest BCUT2D eigenvalue weighted by molar-refractivity contribution is -0.141. The summed E-state index contributed by atoms with van der Waals surface area (Å²) in [5.74, 6) is -1.62. The Hall–Kier alpha value is -5.58. The number of likely N-dealkylation sites (tertiary alicyclic amines) is 1. The van der Waals surface area contributed by atoms with Gasteiger partial charge in [-0.25, -0.2) is 15.0 Å². The van der Waals surface area contributed by atoms with Crippen molar-refractivity contribution < 1.29 is 37.1 Å². The SMILES string of the molecule is C=CCOCc1ccc(C(F)(F)F)nc1NC(=O)[C@@H]1C[C@@]2(CNC(=O)C(C)(C)C)C[C@H]2N1C(=O)Cn1nc(C(C)=O)c2cc(-c3cnc(C)nc3)ncc21. The van der Waals surface area contributed by atoms with E-state index in [2.05, 4.69) is 42.2 Å². The number of anilines is 1. The first kappa shape index (κ1) is 38.2. The smallest absolute Gasteiger partial charge is 0.373 e. The number of pyridine rings is 2. The molecule has 4 aromatic heterocycles. The predicted octanol–water partition coefficient (Wildman–Crippen LogP) is 4.68. The van der Waals surface area contributed by atoms with Crippen molar-refractivity contribution in [3.05, 3.63) is 72.2 Å². The minimum absolute atomic E-state index is 0.106. The number of hydrogen-bond acceptors (Lipinski definition) is 10. The Labute approximate surface area is 308 Å². The van der Waals surface area contributed by atoms with Crippen LogP contribution in [0.4, 0.5) is 19.0 Å². The molecule has 2 N–H and O–H groups in total. The number of rotatable bonds is 12. The first-order chi connectivity index (χ1) is 25.4. The Kier molecular flexibility index (Phi) is 10.1. The van der Waals surface area contributed by atoms with Crippen LogP contribution in [0.15, 0.2) is 49.4 Å². The number of fused-ring (bicyclic) bond motifs is 2. The van der Waals surface area contributed by atoms with Gasteiger partial charge in [-0.05, 0) is 31.9 Å². The number of piperidine rings is 1. The molecular weight excluding hydrogens is 707 g/mol. The number of ether oxygens (including phenoxy) is 1. The predicted molar refractivity (Wildman–Crippen MR) is 190 cm³/mol. The molecule has 1 saturated heterocycles. The van der Waals surface area contributed by atoms with Crippen LogP contribution < -0.4 is 10.6 Å². The maximum absolute atomic E-state index is 14.3. The normalized spacial score (nSPS) is 19.4. The highest BCUT2D eigenvalue weighted by Gasteiger charge is 2.67. The fraction of sp³-hybridized carbons (Fsp3) is 0.432. The van der Waals surface area contributed by atoms with Crippen molar-refractivity contribution in [3.63, 3.8) is 0 Å². The number of nitrogens with one attached hydrogen (secondary N) is 2. The van der Waals surface area contributed by atoms with Crippen LogP contribution in [0, 0.1) is 17.8 Å². The third-order valence-electron chi connectivity index (χ3n) is 9.63. The van der Waals surface area contributed by atoms with E-state index in [1.165, 1.54) is 34.8 Å². The summed E-state index contributed by atoms with van der Waals surface area (Å²) in [6.45, 7) is 11.7. The average Bonchev–Trinajstić information content (AvgIpc) is 3.53. The standard InChI is InChI=1S/C37H40F3N9O5/c1-7-10-54-18-22-8-9-28(37(38,39)40)45-32(22)46-33(52)26-12-36(19-44-34(53)35(4,5)6)13-29(36)49(26)30(51)17-48-27-16-43-25(23-14-41-21(3)42-15-23)11-24(27)31(47-48)20(2)50/h7-9,11,14-16,26,29H,1,10,12-13,17-19H2,2-6H3,(H,44,53)(H,45,46,52)/t26-,29+,36-/m0/s1. The van der Waals surface area contributed by atoms with E-state index in [0.29, 0.717) is 34.4 Å². The van der Waals surface area contributed by atoms with Gasteiger partial charge in [0.15, 0.2) is 5.78 Å². The van der Waals surface area contributed by atoms with Gasteiger partial charge in [-0.2, -0.15) is 18.3 Å². The molecule has 1 aliphatic heterocycles. The minimum Gasteiger partial charge on any atom is -0.373 e. The number of carbonyl (C=O) groups excluding carboxylic acids is 4. The van der Waals surface area contributed by atoms with Gasteiger partial charge in [0.1, 0.15) is 35.6 Å². The Bertz CT molecular complexity index is 2150. The molecule has 14 nitrogen and oxygen atoms in total. The monoisotopic (exact) mass is 747 g/mol. The molecule has 0 spiro atoms. The number of hydrogen-bond donors (Lipinski definition) is 2. The lowest BCUT2D eigenvalue weighted by Gasteiger charge is -2.27. The van der Waals surface area contributed by atoms with Crippen LogP contribution in [-0.4, -0.2) is 83.4 Å². The number of Topliss-reactive ketones (excluding diaryl/α,β-unsaturated/α-hetero) is 1. The lowest BCUT2D eigenvalue weighted by Crippen LogP contribution is -2.47. The average molecular weight is 748 g/mol. The van der Waals surface area contributed by atoms with Crippen LogP contribution in [0.5, 0.6) is 0 Å². The lowest BCUT2D eigenvalue weighted by atomic mass is 9.94. The summed E-state index contributed by atoms with van der Waals surface area (Å²) >= 11 is 0. The Morgan fingerprint density at radius 3 is 2.44 bits per heavy atom. The molecule has 1 saturated carbocycles. The van der Waals surface area contributed by atoms with Crippen LogP contribution in [0.3, 0.4) is 0 Å². The van der Waals surface area contributed by atoms with Gasteiger partial charge in [0.05, 0.1) is 30.6 Å². The molecule has 3 atom stereocenters. The van der Waals surface area contributed by atoms with E-state index in [1.807, 2.05) is 0 Å². The fourth-order valence-corrected chi connectivity index (χ4v) is 6.66. The molecule has 17 heteroatoms. The van der Waals surface area contributed by atoms with Gasteiger partial charge in [0.2, 0.25) is 17.7 Å². The summed E-state index contributed by atoms with van der Waals surface area (Å²) in [7, 11) is 0. The second kappa shape index (κ2) is 14.3. The number of halogens is 3. The molecule has 54 heavy (non-hydrogen) atoms. The van der Waals surface area contributed by atoms with Gasteiger partial charge in [-0.3, -0.25) is 28.8 Å². The molecule has 5 heterocycles. The van der Waals surface area contributed by atoms with Crippen LogP contribution in [-0.2, 0) is 38.4 Å². The van der Waals surface area contributed by atoms with Crippen LogP contribution in [0.25, 0.3) is 22.2 Å². The van der Waals surface area contributed by atoms with Crippen LogP contribution in [0.2, 0.25) is 0 Å². The molecule has 284 valence electrons. The van der Waals surface area contributed by atoms with Crippen molar-refractivity contribution in [1.29, 1.82) is 0 Å². The van der Waals surface area contributed by atoms with E-state index in [4.69, 9.17) is 4.74 Å². The number of carbonyl (C=O) groups is 4. The highest BCUT2D eigenvalue weighted by Crippen LogP contribution is 2.59. The molecule has 4 aromatic rings. The van der Waals surface area contributed by atoms with E-state index in [0.717, 1.165) is 6.07 Å². The zero-order valence-electron chi connectivity index (χ0n) is 30.5. The molecule has 0 unspecified atom stereocenters. The summed E-state index contributed by atoms with van der Waals surface area (Å²) in [5, 5.41) is 10.4. The van der Waals surface area contributed by atoms with E-state index in [1.54, 1.807) is 46.2 Å². The van der Waals surface area contributed by atoms with Crippen molar-refractivity contribution in [2.24, 2.45) is 10.8 Å². The van der Waals surface area contributed by atoms with Gasteiger partial charge in [0, 0.05) is 59.2 Å². The first-order valence-electron chi connectivity index (χ1n) is 17.2. The second-order valence-corrected chi connectivity index (χ2v) is 14.7. The van der Waals surface area contributed by atoms with Crippen molar-refractivity contribution in [2.75, 3.05) is 18.5 Å². The van der Waals surface area contributed by atoms with E-state index < -0.39 is 46.6 Å². The molecule has 0 radical (unpaired) electrons. The number of alkyl halides is 3. The topological polar surface area (TPSA) is 174 Å². The van der Waals surface area contributed by atoms with Crippen molar-refractivity contribution in [2.45, 2.75) is 78.9 Å². The quantitative estimate of drug-likeness (QED) is 0.118. The van der Waals surface area contributed by atoms with Crippen LogP contribution >= 0.6 is 0 Å². The molecule has 1 aliphatic carbocycles. The third kappa shape index (κ3) is 7.71. The minimum atomic E-state index is -4.79. The largest absolute Gasteiger partial charge is 0.433 e. The summed E-state index contributed by atoms with van der Waals surface area (Å²) in [6.07, 6.45) is 1.99. The summed E-state index contributed by atoms with van der Waals surface area (Å²) < 4.78 is 47.9. The highest BCUT2D eigenvalue weighted by molar-refractivity contribution is 6.06.